The minimum absolute atomic E-state index is 0.0495. The lowest BCUT2D eigenvalue weighted by molar-refractivity contribution is -0.150. The standard InChI is InChI=1S/C20H20N2O4S2/c23-20(26-14-19-21-16-10-4-5-12-18(16)27-19)17-11-6-7-13-22(17)28(24,25)15-8-2-1-3-9-15/h1-5,8-10,12,17H,6-7,11,13-14H2. The molecule has 1 fully saturated rings. The average molecular weight is 417 g/mol. The van der Waals surface area contributed by atoms with E-state index in [1.165, 1.54) is 15.6 Å². The Morgan fingerprint density at radius 3 is 2.64 bits per heavy atom. The van der Waals surface area contributed by atoms with Gasteiger partial charge in [-0.05, 0) is 43.5 Å². The molecule has 3 aromatic rings. The van der Waals surface area contributed by atoms with Gasteiger partial charge in [-0.1, -0.05) is 30.3 Å². The second-order valence-electron chi connectivity index (χ2n) is 6.62. The number of esters is 1. The SMILES string of the molecule is O=C(OCc1nc2ccccc2s1)C1CCCCN1S(=O)(=O)c1ccccc1. The monoisotopic (exact) mass is 416 g/mol. The Kier molecular flexibility index (Phi) is 5.43. The van der Waals surface area contributed by atoms with E-state index in [-0.39, 0.29) is 11.5 Å². The molecule has 2 aromatic carbocycles. The summed E-state index contributed by atoms with van der Waals surface area (Å²) in [4.78, 5) is 17.4. The summed E-state index contributed by atoms with van der Waals surface area (Å²) < 4.78 is 33.8. The van der Waals surface area contributed by atoms with Gasteiger partial charge in [0.05, 0.1) is 15.1 Å². The van der Waals surface area contributed by atoms with Crippen LogP contribution in [0.15, 0.2) is 59.5 Å². The van der Waals surface area contributed by atoms with Crippen LogP contribution in [0.5, 0.6) is 0 Å². The molecule has 28 heavy (non-hydrogen) atoms. The number of rotatable bonds is 5. The maximum atomic E-state index is 13.0. The van der Waals surface area contributed by atoms with Crippen molar-refractivity contribution in [2.75, 3.05) is 6.54 Å². The lowest BCUT2D eigenvalue weighted by atomic mass is 10.1. The lowest BCUT2D eigenvalue weighted by Gasteiger charge is -2.32. The fourth-order valence-corrected chi connectivity index (χ4v) is 5.92. The van der Waals surface area contributed by atoms with Crippen LogP contribution in [0.1, 0.15) is 24.3 Å². The van der Waals surface area contributed by atoms with E-state index in [9.17, 15) is 13.2 Å². The number of aromatic nitrogens is 1. The first-order chi connectivity index (χ1) is 13.6. The number of thiazole rings is 1. The normalized spacial score (nSPS) is 18.2. The Morgan fingerprint density at radius 2 is 1.86 bits per heavy atom. The number of hydrogen-bond acceptors (Lipinski definition) is 6. The zero-order valence-corrected chi connectivity index (χ0v) is 16.8. The van der Waals surface area contributed by atoms with E-state index in [1.807, 2.05) is 24.3 Å². The summed E-state index contributed by atoms with van der Waals surface area (Å²) in [6.07, 6.45) is 1.99. The van der Waals surface area contributed by atoms with Crippen molar-refractivity contribution in [2.45, 2.75) is 36.8 Å². The van der Waals surface area contributed by atoms with E-state index < -0.39 is 22.0 Å². The molecule has 0 bridgehead atoms. The average Bonchev–Trinajstić information content (AvgIpc) is 3.15. The zero-order chi connectivity index (χ0) is 19.6. The first-order valence-electron chi connectivity index (χ1n) is 9.14. The molecule has 0 spiro atoms. The molecule has 146 valence electrons. The number of carbonyl (C=O) groups excluding carboxylic acids is 1. The van der Waals surface area contributed by atoms with Crippen molar-refractivity contribution in [1.29, 1.82) is 0 Å². The van der Waals surface area contributed by atoms with Crippen LogP contribution in [-0.2, 0) is 26.2 Å². The highest BCUT2D eigenvalue weighted by molar-refractivity contribution is 7.89. The van der Waals surface area contributed by atoms with E-state index in [0.717, 1.165) is 23.1 Å². The number of ether oxygens (including phenoxy) is 1. The first kappa shape index (κ1) is 19.0. The molecular formula is C20H20N2O4S2. The summed E-state index contributed by atoms with van der Waals surface area (Å²) in [5, 5.41) is 0.697. The number of benzene rings is 2. The Hall–Kier alpha value is -2.29. The fourth-order valence-electron chi connectivity index (χ4n) is 3.37. The fraction of sp³-hybridized carbons (Fsp3) is 0.300. The number of nitrogens with zero attached hydrogens (tertiary/aromatic N) is 2. The molecule has 1 aliphatic heterocycles. The highest BCUT2D eigenvalue weighted by atomic mass is 32.2. The summed E-state index contributed by atoms with van der Waals surface area (Å²) in [5.74, 6) is -0.515. The van der Waals surface area contributed by atoms with Gasteiger partial charge in [-0.2, -0.15) is 4.31 Å². The van der Waals surface area contributed by atoms with Gasteiger partial charge in [0.2, 0.25) is 10.0 Å². The molecule has 4 rings (SSSR count). The highest BCUT2D eigenvalue weighted by Gasteiger charge is 2.38. The van der Waals surface area contributed by atoms with Crippen molar-refractivity contribution < 1.29 is 17.9 Å². The van der Waals surface area contributed by atoms with Gasteiger partial charge in [0.15, 0.2) is 0 Å². The molecule has 0 saturated carbocycles. The second kappa shape index (κ2) is 7.98. The molecular weight excluding hydrogens is 396 g/mol. The van der Waals surface area contributed by atoms with E-state index in [2.05, 4.69) is 4.98 Å². The Labute approximate surface area is 167 Å². The van der Waals surface area contributed by atoms with Crippen LogP contribution in [0, 0.1) is 0 Å². The molecule has 0 amide bonds. The van der Waals surface area contributed by atoms with Gasteiger partial charge >= 0.3 is 5.97 Å². The summed E-state index contributed by atoms with van der Waals surface area (Å²) in [7, 11) is -3.74. The molecule has 0 aliphatic carbocycles. The second-order valence-corrected chi connectivity index (χ2v) is 9.63. The van der Waals surface area contributed by atoms with Gasteiger partial charge in [-0.15, -0.1) is 11.3 Å². The Morgan fingerprint density at radius 1 is 1.11 bits per heavy atom. The number of sulfonamides is 1. The highest BCUT2D eigenvalue weighted by Crippen LogP contribution is 2.27. The summed E-state index contributed by atoms with van der Waals surface area (Å²) in [5.41, 5.74) is 0.865. The van der Waals surface area contributed by atoms with Crippen molar-refractivity contribution in [3.05, 3.63) is 59.6 Å². The quantitative estimate of drug-likeness (QED) is 0.594. The van der Waals surface area contributed by atoms with Crippen LogP contribution in [0.4, 0.5) is 0 Å². The first-order valence-corrected chi connectivity index (χ1v) is 11.4. The van der Waals surface area contributed by atoms with Crippen molar-refractivity contribution in [1.82, 2.24) is 9.29 Å². The molecule has 1 aromatic heterocycles. The number of carbonyl (C=O) groups is 1. The largest absolute Gasteiger partial charge is 0.457 e. The molecule has 6 nitrogen and oxygen atoms in total. The zero-order valence-electron chi connectivity index (χ0n) is 15.2. The molecule has 1 saturated heterocycles. The van der Waals surface area contributed by atoms with Gasteiger partial charge in [-0.25, -0.2) is 13.4 Å². The van der Waals surface area contributed by atoms with Gasteiger partial charge in [0, 0.05) is 6.54 Å². The molecule has 0 radical (unpaired) electrons. The summed E-state index contributed by atoms with van der Waals surface area (Å²) in [6, 6.07) is 15.1. The molecule has 1 aliphatic rings. The van der Waals surface area contributed by atoms with Crippen molar-refractivity contribution in [3.8, 4) is 0 Å². The molecule has 8 heteroatoms. The molecule has 1 unspecified atom stereocenters. The number of piperidine rings is 1. The summed E-state index contributed by atoms with van der Waals surface area (Å²) in [6.45, 7) is 0.367. The third-order valence-corrected chi connectivity index (χ3v) is 7.68. The van der Waals surface area contributed by atoms with E-state index in [4.69, 9.17) is 4.74 Å². The predicted octanol–water partition coefficient (Wildman–Crippen LogP) is 3.58. The van der Waals surface area contributed by atoms with Crippen LogP contribution in [0.25, 0.3) is 10.2 Å². The number of fused-ring (bicyclic) bond motifs is 1. The van der Waals surface area contributed by atoms with Gasteiger partial charge in [-0.3, -0.25) is 4.79 Å². The minimum atomic E-state index is -3.74. The third-order valence-electron chi connectivity index (χ3n) is 4.75. The van der Waals surface area contributed by atoms with Crippen molar-refractivity contribution in [3.63, 3.8) is 0 Å². The minimum Gasteiger partial charge on any atom is -0.457 e. The van der Waals surface area contributed by atoms with Crippen LogP contribution in [-0.4, -0.2) is 36.3 Å². The third kappa shape index (κ3) is 3.80. The van der Waals surface area contributed by atoms with Crippen molar-refractivity contribution >= 4 is 37.5 Å². The van der Waals surface area contributed by atoms with E-state index >= 15 is 0 Å². The van der Waals surface area contributed by atoms with Crippen LogP contribution in [0.3, 0.4) is 0 Å². The van der Waals surface area contributed by atoms with Gasteiger partial charge < -0.3 is 4.74 Å². The van der Waals surface area contributed by atoms with Crippen LogP contribution >= 0.6 is 11.3 Å². The molecule has 0 N–H and O–H groups in total. The maximum absolute atomic E-state index is 13.0. The predicted molar refractivity (Wildman–Crippen MR) is 107 cm³/mol. The molecule has 1 atom stereocenters. The van der Waals surface area contributed by atoms with E-state index in [0.29, 0.717) is 18.0 Å². The van der Waals surface area contributed by atoms with Gasteiger partial charge in [0.1, 0.15) is 17.7 Å². The van der Waals surface area contributed by atoms with Crippen LogP contribution in [0.2, 0.25) is 0 Å². The smallest absolute Gasteiger partial charge is 0.324 e. The number of hydrogen-bond donors (Lipinski definition) is 0. The van der Waals surface area contributed by atoms with E-state index in [1.54, 1.807) is 30.3 Å². The van der Waals surface area contributed by atoms with Crippen LogP contribution < -0.4 is 0 Å². The van der Waals surface area contributed by atoms with Crippen molar-refractivity contribution in [2.24, 2.45) is 0 Å². The van der Waals surface area contributed by atoms with Gasteiger partial charge in [0.25, 0.3) is 0 Å². The maximum Gasteiger partial charge on any atom is 0.324 e. The Balaban J connectivity index is 1.50. The Bertz CT molecular complexity index is 1050. The number of para-hydroxylation sites is 1. The molecule has 2 heterocycles. The topological polar surface area (TPSA) is 76.6 Å². The lowest BCUT2D eigenvalue weighted by Crippen LogP contribution is -2.48. The summed E-state index contributed by atoms with van der Waals surface area (Å²) >= 11 is 1.47.